The molecule has 1 saturated carbocycles. The summed E-state index contributed by atoms with van der Waals surface area (Å²) < 4.78 is 1.82. The molecule has 2 N–H and O–H groups in total. The van der Waals surface area contributed by atoms with Crippen molar-refractivity contribution in [2.24, 2.45) is 18.7 Å². The second-order valence-electron chi connectivity index (χ2n) is 3.92. The van der Waals surface area contributed by atoms with E-state index in [4.69, 9.17) is 5.73 Å². The zero-order valence-electron chi connectivity index (χ0n) is 8.55. The molecule has 0 radical (unpaired) electrons. The minimum Gasteiger partial charge on any atom is -0.327 e. The van der Waals surface area contributed by atoms with Gasteiger partial charge in [-0.3, -0.25) is 0 Å². The van der Waals surface area contributed by atoms with Crippen LogP contribution in [0.5, 0.6) is 0 Å². The molecule has 1 fully saturated rings. The fourth-order valence-corrected chi connectivity index (χ4v) is 3.10. The monoisotopic (exact) mass is 212 g/mol. The van der Waals surface area contributed by atoms with Crippen molar-refractivity contribution in [2.75, 3.05) is 0 Å². The van der Waals surface area contributed by atoms with Gasteiger partial charge in [0, 0.05) is 18.3 Å². The van der Waals surface area contributed by atoms with E-state index in [0.29, 0.717) is 17.2 Å². The smallest absolute Gasteiger partial charge is 0.186 e. The molecule has 14 heavy (non-hydrogen) atoms. The van der Waals surface area contributed by atoms with E-state index in [9.17, 15) is 0 Å². The van der Waals surface area contributed by atoms with Crippen LogP contribution in [0.2, 0.25) is 0 Å². The predicted molar refractivity (Wildman–Crippen MR) is 57.0 cm³/mol. The van der Waals surface area contributed by atoms with Crippen molar-refractivity contribution in [1.29, 1.82) is 0 Å². The van der Waals surface area contributed by atoms with Gasteiger partial charge in [-0.2, -0.15) is 5.10 Å². The zero-order valence-corrected chi connectivity index (χ0v) is 9.37. The van der Waals surface area contributed by atoms with Gasteiger partial charge in [0.1, 0.15) is 6.33 Å². The summed E-state index contributed by atoms with van der Waals surface area (Å²) in [6, 6.07) is 0.362. The number of rotatable bonds is 2. The Morgan fingerprint density at radius 1 is 1.57 bits per heavy atom. The molecule has 4 nitrogen and oxygen atoms in total. The molecule has 1 aliphatic rings. The topological polar surface area (TPSA) is 56.7 Å². The highest BCUT2D eigenvalue weighted by Crippen LogP contribution is 2.36. The van der Waals surface area contributed by atoms with Crippen LogP contribution in [-0.2, 0) is 7.05 Å². The van der Waals surface area contributed by atoms with Crippen molar-refractivity contribution in [3.05, 3.63) is 6.33 Å². The Morgan fingerprint density at radius 2 is 2.36 bits per heavy atom. The largest absolute Gasteiger partial charge is 0.327 e. The summed E-state index contributed by atoms with van der Waals surface area (Å²) in [5.41, 5.74) is 5.98. The first-order valence-corrected chi connectivity index (χ1v) is 5.82. The molecular formula is C9H16N4S. The van der Waals surface area contributed by atoms with Gasteiger partial charge < -0.3 is 5.73 Å². The van der Waals surface area contributed by atoms with Crippen molar-refractivity contribution in [3.63, 3.8) is 0 Å². The summed E-state index contributed by atoms with van der Waals surface area (Å²) in [5, 5.41) is 5.66. The fraction of sp³-hybridized carbons (Fsp3) is 0.778. The highest BCUT2D eigenvalue weighted by molar-refractivity contribution is 7.99. The van der Waals surface area contributed by atoms with Gasteiger partial charge in [0.25, 0.3) is 0 Å². The molecule has 0 saturated heterocycles. The minimum atomic E-state index is 0.362. The maximum absolute atomic E-state index is 5.98. The lowest BCUT2D eigenvalue weighted by Gasteiger charge is -2.16. The highest BCUT2D eigenvalue weighted by Gasteiger charge is 2.31. The standard InChI is InChI=1S/C9H16N4S/c1-6-7(10)3-4-8(6)14-9-11-5-12-13(9)2/h5-8H,3-4,10H2,1-2H3. The zero-order chi connectivity index (χ0) is 10.1. The van der Waals surface area contributed by atoms with E-state index < -0.39 is 0 Å². The van der Waals surface area contributed by atoms with Gasteiger partial charge in [-0.15, -0.1) is 0 Å². The van der Waals surface area contributed by atoms with Crippen molar-refractivity contribution in [3.8, 4) is 0 Å². The Morgan fingerprint density at radius 3 is 2.86 bits per heavy atom. The molecule has 0 aromatic carbocycles. The molecule has 1 heterocycles. The molecule has 1 aromatic heterocycles. The molecule has 3 unspecified atom stereocenters. The third kappa shape index (κ3) is 1.79. The van der Waals surface area contributed by atoms with E-state index in [1.165, 1.54) is 6.42 Å². The second-order valence-corrected chi connectivity index (χ2v) is 5.13. The van der Waals surface area contributed by atoms with Crippen LogP contribution < -0.4 is 5.73 Å². The summed E-state index contributed by atoms with van der Waals surface area (Å²) >= 11 is 1.81. The molecule has 0 bridgehead atoms. The fourth-order valence-electron chi connectivity index (χ4n) is 1.85. The van der Waals surface area contributed by atoms with Crippen LogP contribution >= 0.6 is 11.8 Å². The SMILES string of the molecule is CC1C(N)CCC1Sc1ncnn1C. The molecule has 78 valence electrons. The Bertz CT molecular complexity index is 312. The van der Waals surface area contributed by atoms with Gasteiger partial charge in [0.2, 0.25) is 0 Å². The third-order valence-electron chi connectivity index (χ3n) is 2.97. The lowest BCUT2D eigenvalue weighted by Crippen LogP contribution is -2.26. The Labute approximate surface area is 88.3 Å². The number of hydrogen-bond donors (Lipinski definition) is 1. The van der Waals surface area contributed by atoms with Gasteiger partial charge >= 0.3 is 0 Å². The first-order valence-electron chi connectivity index (χ1n) is 4.94. The number of aromatic nitrogens is 3. The molecule has 0 spiro atoms. The van der Waals surface area contributed by atoms with E-state index in [-0.39, 0.29) is 0 Å². The van der Waals surface area contributed by atoms with Gasteiger partial charge in [-0.05, 0) is 18.8 Å². The van der Waals surface area contributed by atoms with Crippen LogP contribution in [-0.4, -0.2) is 26.1 Å². The van der Waals surface area contributed by atoms with Crippen LogP contribution in [0.3, 0.4) is 0 Å². The third-order valence-corrected chi connectivity index (χ3v) is 4.52. The Hall–Kier alpha value is -0.550. The van der Waals surface area contributed by atoms with E-state index in [1.54, 1.807) is 18.1 Å². The lowest BCUT2D eigenvalue weighted by atomic mass is 10.1. The van der Waals surface area contributed by atoms with Crippen LogP contribution in [0.25, 0.3) is 0 Å². The number of nitrogens with zero attached hydrogens (tertiary/aromatic N) is 3. The molecule has 5 heteroatoms. The van der Waals surface area contributed by atoms with Crippen LogP contribution in [0.1, 0.15) is 19.8 Å². The van der Waals surface area contributed by atoms with E-state index in [2.05, 4.69) is 17.0 Å². The Kier molecular flexibility index (Phi) is 2.78. The van der Waals surface area contributed by atoms with Crippen molar-refractivity contribution in [2.45, 2.75) is 36.2 Å². The average Bonchev–Trinajstić information content (AvgIpc) is 2.68. The summed E-state index contributed by atoms with van der Waals surface area (Å²) in [5.74, 6) is 0.580. The maximum Gasteiger partial charge on any atom is 0.186 e. The van der Waals surface area contributed by atoms with Crippen molar-refractivity contribution in [1.82, 2.24) is 14.8 Å². The van der Waals surface area contributed by atoms with Crippen molar-refractivity contribution < 1.29 is 0 Å². The molecule has 1 aromatic rings. The normalized spacial score (nSPS) is 32.4. The lowest BCUT2D eigenvalue weighted by molar-refractivity contribution is 0.533. The minimum absolute atomic E-state index is 0.362. The van der Waals surface area contributed by atoms with Crippen molar-refractivity contribution >= 4 is 11.8 Å². The highest BCUT2D eigenvalue weighted by atomic mass is 32.2. The summed E-state index contributed by atoms with van der Waals surface area (Å²) in [6.45, 7) is 2.23. The summed E-state index contributed by atoms with van der Waals surface area (Å²) in [4.78, 5) is 4.21. The van der Waals surface area contributed by atoms with Crippen LogP contribution in [0.15, 0.2) is 11.5 Å². The number of nitrogens with two attached hydrogens (primary N) is 1. The van der Waals surface area contributed by atoms with Gasteiger partial charge in [0.15, 0.2) is 5.16 Å². The number of aryl methyl sites for hydroxylation is 1. The van der Waals surface area contributed by atoms with E-state index in [1.807, 2.05) is 11.7 Å². The van der Waals surface area contributed by atoms with Crippen LogP contribution in [0, 0.1) is 5.92 Å². The first-order chi connectivity index (χ1) is 6.68. The van der Waals surface area contributed by atoms with E-state index >= 15 is 0 Å². The summed E-state index contributed by atoms with van der Waals surface area (Å²) in [7, 11) is 1.93. The molecule has 0 amide bonds. The molecule has 1 aliphatic carbocycles. The predicted octanol–water partition coefficient (Wildman–Crippen LogP) is 1.03. The summed E-state index contributed by atoms with van der Waals surface area (Å²) in [6.07, 6.45) is 3.93. The molecule has 2 rings (SSSR count). The quantitative estimate of drug-likeness (QED) is 0.795. The van der Waals surface area contributed by atoms with Gasteiger partial charge in [-0.25, -0.2) is 9.67 Å². The van der Waals surface area contributed by atoms with Gasteiger partial charge in [0.05, 0.1) is 0 Å². The molecular weight excluding hydrogens is 196 g/mol. The Balaban J connectivity index is 2.02. The van der Waals surface area contributed by atoms with Gasteiger partial charge in [-0.1, -0.05) is 18.7 Å². The van der Waals surface area contributed by atoms with E-state index in [0.717, 1.165) is 11.6 Å². The second kappa shape index (κ2) is 3.90. The first kappa shape index (κ1) is 9.98. The molecule has 0 aliphatic heterocycles. The number of thioether (sulfide) groups is 1. The number of hydrogen-bond acceptors (Lipinski definition) is 4. The average molecular weight is 212 g/mol. The van der Waals surface area contributed by atoms with Crippen LogP contribution in [0.4, 0.5) is 0 Å². The molecule has 3 atom stereocenters. The maximum atomic E-state index is 5.98.